The molecule has 0 heterocycles. The van der Waals surface area contributed by atoms with Gasteiger partial charge in [-0.15, -0.1) is 0 Å². The number of hydrogen-bond acceptors (Lipinski definition) is 7. The van der Waals surface area contributed by atoms with Crippen LogP contribution in [0.3, 0.4) is 0 Å². The fraction of sp³-hybridized carbons (Fsp3) is 0.148. The monoisotopic (exact) mass is 609 g/mol. The predicted molar refractivity (Wildman–Crippen MR) is 149 cm³/mol. The number of nitrogens with zero attached hydrogens (tertiary/aromatic N) is 2. The van der Waals surface area contributed by atoms with Crippen molar-refractivity contribution in [3.05, 3.63) is 81.8 Å². The number of azo groups is 1. The van der Waals surface area contributed by atoms with Crippen LogP contribution in [0.15, 0.2) is 75.8 Å². The number of fused-ring (bicyclic) bond motifs is 1. The van der Waals surface area contributed by atoms with Gasteiger partial charge in [0.05, 0.1) is 28.0 Å². The average molecular weight is 610 g/mol. The summed E-state index contributed by atoms with van der Waals surface area (Å²) >= 11 is 12.4. The zero-order valence-corrected chi connectivity index (χ0v) is 26.1. The van der Waals surface area contributed by atoms with Crippen molar-refractivity contribution < 1.29 is 57.2 Å². The van der Waals surface area contributed by atoms with Gasteiger partial charge in [0, 0.05) is 10.9 Å². The first-order valence-corrected chi connectivity index (χ1v) is 13.9. The van der Waals surface area contributed by atoms with Gasteiger partial charge < -0.3 is 15.2 Å². The van der Waals surface area contributed by atoms with Gasteiger partial charge in [0.2, 0.25) is 0 Å². The van der Waals surface area contributed by atoms with E-state index in [4.69, 9.17) is 27.9 Å². The van der Waals surface area contributed by atoms with Crippen LogP contribution in [-0.4, -0.2) is 25.5 Å². The smallest absolute Gasteiger partial charge is 0.870 e. The number of ether oxygens (including phenoxy) is 1. The first kappa shape index (κ1) is 31.8. The molecule has 0 bridgehead atoms. The van der Waals surface area contributed by atoms with Crippen molar-refractivity contribution in [1.29, 1.82) is 0 Å². The quantitative estimate of drug-likeness (QED) is 0.175. The van der Waals surface area contributed by atoms with E-state index in [1.807, 2.05) is 0 Å². The Balaban J connectivity index is 0.00000441. The van der Waals surface area contributed by atoms with Crippen LogP contribution in [0.4, 0.5) is 17.1 Å². The van der Waals surface area contributed by atoms with Crippen molar-refractivity contribution in [2.75, 3.05) is 11.9 Å². The standard InChI is InChI=1S/C27H23Cl2N3O6S.Na/c1-3-15-12-17(14-21(29)26(15)39(35,36)37)31-32-23-18-9-6-5-8-16(18)13-19(25(23)33)27(34)30-24-20(28)10-7-11-22(24)38-4-2;/h5-14,33H,3-4H2,1-2H3,(H,30,34)(H,35,36,37);/q;+1/p-1. The number of anilines is 1. The molecule has 0 aromatic heterocycles. The van der Waals surface area contributed by atoms with Gasteiger partial charge in [-0.3, -0.25) is 9.35 Å². The first-order chi connectivity index (χ1) is 18.5. The van der Waals surface area contributed by atoms with Gasteiger partial charge in [-0.05, 0) is 54.6 Å². The SMILES string of the molecule is CCOc1cccc(Cl)c1NC(=O)c1cc2ccccc2c(N=Nc2cc(Cl)c(S(=O)(=O)O)c(CC)c2)c1[O-].[Na+]. The summed E-state index contributed by atoms with van der Waals surface area (Å²) in [5.41, 5.74) is 0.307. The number of halogens is 2. The molecule has 2 N–H and O–H groups in total. The van der Waals surface area contributed by atoms with Crippen LogP contribution in [-0.2, 0) is 16.5 Å². The molecule has 0 aliphatic heterocycles. The van der Waals surface area contributed by atoms with E-state index in [1.54, 1.807) is 56.3 Å². The summed E-state index contributed by atoms with van der Waals surface area (Å²) < 4.78 is 38.6. The third-order valence-corrected chi connectivity index (χ3v) is 7.47. The summed E-state index contributed by atoms with van der Waals surface area (Å²) in [4.78, 5) is 12.9. The van der Waals surface area contributed by atoms with E-state index in [0.29, 0.717) is 23.1 Å². The van der Waals surface area contributed by atoms with E-state index in [9.17, 15) is 22.9 Å². The van der Waals surface area contributed by atoms with Gasteiger partial charge >= 0.3 is 29.6 Å². The molecule has 9 nitrogen and oxygen atoms in total. The van der Waals surface area contributed by atoms with Gasteiger partial charge in [-0.25, -0.2) is 0 Å². The number of benzene rings is 4. The second-order valence-corrected chi connectivity index (χ2v) is 10.4. The number of amides is 1. The minimum atomic E-state index is -4.56. The van der Waals surface area contributed by atoms with Crippen molar-refractivity contribution in [2.45, 2.75) is 25.2 Å². The van der Waals surface area contributed by atoms with Crippen molar-refractivity contribution in [2.24, 2.45) is 10.2 Å². The maximum absolute atomic E-state index is 13.5. The van der Waals surface area contributed by atoms with Crippen LogP contribution in [0, 0.1) is 0 Å². The molecule has 13 heteroatoms. The molecule has 0 saturated heterocycles. The number of para-hydroxylation sites is 1. The average Bonchev–Trinajstić information content (AvgIpc) is 2.88. The second kappa shape index (κ2) is 13.3. The summed E-state index contributed by atoms with van der Waals surface area (Å²) in [6.07, 6.45) is 0.232. The number of hydrogen-bond donors (Lipinski definition) is 2. The van der Waals surface area contributed by atoms with E-state index >= 15 is 0 Å². The number of nitrogens with one attached hydrogen (secondary N) is 1. The van der Waals surface area contributed by atoms with Crippen molar-refractivity contribution in [3.63, 3.8) is 0 Å². The Morgan fingerprint density at radius 2 is 1.75 bits per heavy atom. The summed E-state index contributed by atoms with van der Waals surface area (Å²) in [5.74, 6) is -1.05. The van der Waals surface area contributed by atoms with Crippen LogP contribution in [0.25, 0.3) is 10.8 Å². The molecule has 0 aliphatic carbocycles. The molecule has 40 heavy (non-hydrogen) atoms. The Morgan fingerprint density at radius 3 is 2.42 bits per heavy atom. The summed E-state index contributed by atoms with van der Waals surface area (Å²) in [5, 5.41) is 25.4. The Bertz CT molecular complexity index is 1730. The molecule has 0 saturated carbocycles. The Hall–Kier alpha value is -2.70. The maximum Gasteiger partial charge on any atom is 1.00 e. The zero-order chi connectivity index (χ0) is 28.3. The van der Waals surface area contributed by atoms with E-state index in [-0.39, 0.29) is 74.2 Å². The van der Waals surface area contributed by atoms with Gasteiger partial charge in [-0.2, -0.15) is 18.6 Å². The fourth-order valence-electron chi connectivity index (χ4n) is 4.01. The zero-order valence-electron chi connectivity index (χ0n) is 21.7. The summed E-state index contributed by atoms with van der Waals surface area (Å²) in [7, 11) is -4.56. The Kier molecular flexibility index (Phi) is 10.6. The molecule has 4 aromatic carbocycles. The molecule has 0 spiro atoms. The van der Waals surface area contributed by atoms with Crippen LogP contribution >= 0.6 is 23.2 Å². The Morgan fingerprint density at radius 1 is 1.02 bits per heavy atom. The van der Waals surface area contributed by atoms with Gasteiger partial charge in [0.25, 0.3) is 16.0 Å². The predicted octanol–water partition coefficient (Wildman–Crippen LogP) is 4.10. The minimum absolute atomic E-state index is 0. The molecular weight excluding hydrogens is 588 g/mol. The number of rotatable bonds is 8. The molecule has 202 valence electrons. The third kappa shape index (κ3) is 6.77. The second-order valence-electron chi connectivity index (χ2n) is 8.27. The molecule has 0 unspecified atom stereocenters. The molecule has 1 amide bonds. The molecule has 4 aromatic rings. The summed E-state index contributed by atoms with van der Waals surface area (Å²) in [6.45, 7) is 3.81. The molecular formula is C27H22Cl2N3NaO6S. The van der Waals surface area contributed by atoms with E-state index < -0.39 is 26.7 Å². The van der Waals surface area contributed by atoms with E-state index in [2.05, 4.69) is 15.5 Å². The number of carbonyl (C=O) groups excluding carboxylic acids is 1. The number of aryl methyl sites for hydroxylation is 1. The van der Waals surface area contributed by atoms with E-state index in [0.717, 1.165) is 0 Å². The molecule has 0 atom stereocenters. The fourth-order valence-corrected chi connectivity index (χ4v) is 5.59. The Labute approximate surface area is 263 Å². The number of carbonyl (C=O) groups is 1. The van der Waals surface area contributed by atoms with Crippen LogP contribution < -0.4 is 44.7 Å². The molecule has 0 fully saturated rings. The topological polar surface area (TPSA) is 140 Å². The first-order valence-electron chi connectivity index (χ1n) is 11.7. The van der Waals surface area contributed by atoms with Gasteiger partial charge in [0.15, 0.2) is 0 Å². The molecule has 0 radical (unpaired) electrons. The van der Waals surface area contributed by atoms with Gasteiger partial charge in [-0.1, -0.05) is 66.2 Å². The summed E-state index contributed by atoms with van der Waals surface area (Å²) in [6, 6.07) is 15.8. The third-order valence-electron chi connectivity index (χ3n) is 5.74. The molecule has 4 rings (SSSR count). The van der Waals surface area contributed by atoms with Crippen LogP contribution in [0.5, 0.6) is 11.5 Å². The molecule has 0 aliphatic rings. The van der Waals surface area contributed by atoms with Crippen molar-refractivity contribution in [1.82, 2.24) is 0 Å². The van der Waals surface area contributed by atoms with Crippen molar-refractivity contribution >= 4 is 67.1 Å². The van der Waals surface area contributed by atoms with Crippen molar-refractivity contribution in [3.8, 4) is 11.5 Å². The van der Waals surface area contributed by atoms with Crippen LogP contribution in [0.2, 0.25) is 10.0 Å². The normalized spacial score (nSPS) is 11.4. The maximum atomic E-state index is 13.5. The minimum Gasteiger partial charge on any atom is -0.870 e. The van der Waals surface area contributed by atoms with Crippen LogP contribution in [0.1, 0.15) is 29.8 Å². The van der Waals surface area contributed by atoms with Gasteiger partial charge in [0.1, 0.15) is 16.3 Å². The van der Waals surface area contributed by atoms with E-state index in [1.165, 1.54) is 18.2 Å². The largest absolute Gasteiger partial charge is 1.00 e.